The van der Waals surface area contributed by atoms with Crippen LogP contribution in [0.4, 0.5) is 5.13 Å². The summed E-state index contributed by atoms with van der Waals surface area (Å²) in [5.74, 6) is 0.121. The van der Waals surface area contributed by atoms with Crippen LogP contribution in [0.25, 0.3) is 10.9 Å². The molecule has 0 spiro atoms. The summed E-state index contributed by atoms with van der Waals surface area (Å²) in [4.78, 5) is 32.1. The van der Waals surface area contributed by atoms with Crippen molar-refractivity contribution in [2.45, 2.75) is 32.7 Å². The first-order valence-corrected chi connectivity index (χ1v) is 9.21. The Morgan fingerprint density at radius 1 is 1.40 bits per heavy atom. The summed E-state index contributed by atoms with van der Waals surface area (Å²) in [5.41, 5.74) is 1.46. The van der Waals surface area contributed by atoms with Crippen LogP contribution in [0, 0.1) is 4.77 Å². The van der Waals surface area contributed by atoms with Gasteiger partial charge in [-0.2, -0.15) is 0 Å². The van der Waals surface area contributed by atoms with Crippen molar-refractivity contribution in [1.82, 2.24) is 14.5 Å². The molecule has 0 unspecified atom stereocenters. The molecule has 0 aliphatic rings. The van der Waals surface area contributed by atoms with Crippen LogP contribution in [0.15, 0.2) is 34.4 Å². The highest BCUT2D eigenvalue weighted by Crippen LogP contribution is 2.21. The maximum atomic E-state index is 12.5. The van der Waals surface area contributed by atoms with Crippen LogP contribution in [0.2, 0.25) is 0 Å². The molecule has 2 aromatic heterocycles. The van der Waals surface area contributed by atoms with Gasteiger partial charge >= 0.3 is 0 Å². The number of amides is 1. The predicted molar refractivity (Wildman–Crippen MR) is 103 cm³/mol. The lowest BCUT2D eigenvalue weighted by Gasteiger charge is -2.08. The second-order valence-electron chi connectivity index (χ2n) is 5.96. The Kier molecular flexibility index (Phi) is 5.10. The summed E-state index contributed by atoms with van der Waals surface area (Å²) >= 11 is 6.64. The van der Waals surface area contributed by atoms with E-state index in [1.807, 2.05) is 11.4 Å². The number of nitrogens with one attached hydrogen (secondary N) is 2. The van der Waals surface area contributed by atoms with Gasteiger partial charge in [0, 0.05) is 18.3 Å². The zero-order valence-corrected chi connectivity index (χ0v) is 15.5. The van der Waals surface area contributed by atoms with Crippen molar-refractivity contribution in [3.8, 4) is 0 Å². The lowest BCUT2D eigenvalue weighted by atomic mass is 10.2. The molecule has 0 bridgehead atoms. The van der Waals surface area contributed by atoms with Gasteiger partial charge in [-0.3, -0.25) is 14.2 Å². The second kappa shape index (κ2) is 7.28. The number of nitrogens with zero attached hydrogens (tertiary/aromatic N) is 2. The number of carbonyl (C=O) groups is 1. The molecule has 1 amide bonds. The molecule has 130 valence electrons. The van der Waals surface area contributed by atoms with Crippen molar-refractivity contribution in [2.24, 2.45) is 0 Å². The molecule has 1 aromatic carbocycles. The van der Waals surface area contributed by atoms with Crippen molar-refractivity contribution >= 4 is 45.5 Å². The number of hydrogen-bond acceptors (Lipinski definition) is 5. The van der Waals surface area contributed by atoms with E-state index in [2.05, 4.69) is 29.1 Å². The molecule has 0 saturated carbocycles. The minimum absolute atomic E-state index is 0.145. The third-order valence-electron chi connectivity index (χ3n) is 3.81. The molecule has 3 aromatic rings. The zero-order chi connectivity index (χ0) is 18.0. The van der Waals surface area contributed by atoms with E-state index in [9.17, 15) is 9.59 Å². The Balaban J connectivity index is 1.72. The van der Waals surface area contributed by atoms with E-state index < -0.39 is 0 Å². The van der Waals surface area contributed by atoms with Crippen LogP contribution >= 0.6 is 23.6 Å². The summed E-state index contributed by atoms with van der Waals surface area (Å²) in [6.07, 6.45) is 0.145. The Hall–Kier alpha value is -2.32. The number of aromatic amines is 1. The number of H-pyrrole nitrogens is 1. The second-order valence-corrected chi connectivity index (χ2v) is 7.21. The first kappa shape index (κ1) is 17.5. The van der Waals surface area contributed by atoms with Crippen LogP contribution in [0.1, 0.15) is 31.9 Å². The summed E-state index contributed by atoms with van der Waals surface area (Å²) in [5, 5.41) is 5.83. The van der Waals surface area contributed by atoms with Crippen molar-refractivity contribution in [3.63, 3.8) is 0 Å². The van der Waals surface area contributed by atoms with Gasteiger partial charge in [0.2, 0.25) is 5.91 Å². The number of para-hydroxylation sites is 1. The van der Waals surface area contributed by atoms with Gasteiger partial charge in [-0.05, 0) is 30.3 Å². The average molecular weight is 374 g/mol. The van der Waals surface area contributed by atoms with Crippen molar-refractivity contribution in [3.05, 3.63) is 50.5 Å². The van der Waals surface area contributed by atoms with E-state index >= 15 is 0 Å². The van der Waals surface area contributed by atoms with Crippen LogP contribution in [0.3, 0.4) is 0 Å². The van der Waals surface area contributed by atoms with E-state index in [1.165, 1.54) is 15.9 Å². The van der Waals surface area contributed by atoms with E-state index in [0.29, 0.717) is 26.7 Å². The number of carbonyl (C=O) groups excluding carboxylic acids is 1. The molecular formula is C17H18N4O2S2. The molecule has 2 heterocycles. The van der Waals surface area contributed by atoms with Gasteiger partial charge in [-0.15, -0.1) is 11.3 Å². The number of thiazole rings is 1. The van der Waals surface area contributed by atoms with E-state index in [4.69, 9.17) is 12.2 Å². The van der Waals surface area contributed by atoms with E-state index in [-0.39, 0.29) is 24.4 Å². The lowest BCUT2D eigenvalue weighted by molar-refractivity contribution is -0.116. The highest BCUT2D eigenvalue weighted by molar-refractivity contribution is 7.71. The minimum atomic E-state index is -0.195. The largest absolute Gasteiger partial charge is 0.332 e. The molecular weight excluding hydrogens is 356 g/mol. The summed E-state index contributed by atoms with van der Waals surface area (Å²) in [6.45, 7) is 4.32. The summed E-state index contributed by atoms with van der Waals surface area (Å²) < 4.78 is 1.73. The minimum Gasteiger partial charge on any atom is -0.332 e. The van der Waals surface area contributed by atoms with E-state index in [0.717, 1.165) is 5.69 Å². The standard InChI is InChI=1S/C17H18N4O2S2/c1-10(2)13-9-25-16(18-13)20-14(22)7-8-21-15(23)11-5-3-4-6-12(11)19-17(21)24/h3-6,9-10H,7-8H2,1-2H3,(H,19,24)(H,18,20,22). The molecule has 0 atom stereocenters. The van der Waals surface area contributed by atoms with Crippen LogP contribution < -0.4 is 10.9 Å². The molecule has 3 rings (SSSR count). The first-order chi connectivity index (χ1) is 12.0. The van der Waals surface area contributed by atoms with Gasteiger partial charge in [-0.1, -0.05) is 26.0 Å². The molecule has 0 aliphatic carbocycles. The molecule has 0 saturated heterocycles. The monoisotopic (exact) mass is 374 g/mol. The predicted octanol–water partition coefficient (Wildman–Crippen LogP) is 3.67. The van der Waals surface area contributed by atoms with Crippen LogP contribution in [-0.2, 0) is 11.3 Å². The number of aromatic nitrogens is 3. The fourth-order valence-corrected chi connectivity index (χ4v) is 3.58. The van der Waals surface area contributed by atoms with Gasteiger partial charge in [0.1, 0.15) is 0 Å². The van der Waals surface area contributed by atoms with Crippen LogP contribution in [-0.4, -0.2) is 20.4 Å². The summed E-state index contributed by atoms with van der Waals surface area (Å²) in [7, 11) is 0. The molecule has 0 radical (unpaired) electrons. The Bertz CT molecular complexity index is 1030. The average Bonchev–Trinajstić information content (AvgIpc) is 3.03. The summed E-state index contributed by atoms with van der Waals surface area (Å²) in [6, 6.07) is 7.18. The van der Waals surface area contributed by atoms with Gasteiger partial charge in [0.15, 0.2) is 9.90 Å². The zero-order valence-electron chi connectivity index (χ0n) is 13.9. The highest BCUT2D eigenvalue weighted by Gasteiger charge is 2.11. The Morgan fingerprint density at radius 3 is 2.88 bits per heavy atom. The molecule has 25 heavy (non-hydrogen) atoms. The molecule has 0 aliphatic heterocycles. The van der Waals surface area contributed by atoms with Gasteiger partial charge in [0.25, 0.3) is 5.56 Å². The van der Waals surface area contributed by atoms with Crippen molar-refractivity contribution in [1.29, 1.82) is 0 Å². The fourth-order valence-electron chi connectivity index (χ4n) is 2.41. The van der Waals surface area contributed by atoms with Crippen molar-refractivity contribution in [2.75, 3.05) is 5.32 Å². The van der Waals surface area contributed by atoms with E-state index in [1.54, 1.807) is 18.2 Å². The normalized spacial score (nSPS) is 11.2. The highest BCUT2D eigenvalue weighted by atomic mass is 32.1. The van der Waals surface area contributed by atoms with Gasteiger partial charge in [0.05, 0.1) is 16.6 Å². The number of anilines is 1. The topological polar surface area (TPSA) is 79.8 Å². The third kappa shape index (κ3) is 3.85. The van der Waals surface area contributed by atoms with Crippen molar-refractivity contribution < 1.29 is 4.79 Å². The van der Waals surface area contributed by atoms with Crippen LogP contribution in [0.5, 0.6) is 0 Å². The Labute approximate surface area is 153 Å². The first-order valence-electron chi connectivity index (χ1n) is 7.93. The molecule has 2 N–H and O–H groups in total. The molecule has 6 nitrogen and oxygen atoms in total. The Morgan fingerprint density at radius 2 is 2.16 bits per heavy atom. The third-order valence-corrected chi connectivity index (χ3v) is 4.91. The maximum Gasteiger partial charge on any atom is 0.262 e. The number of fused-ring (bicyclic) bond motifs is 1. The maximum absolute atomic E-state index is 12.5. The number of hydrogen-bond donors (Lipinski definition) is 2. The molecule has 0 fully saturated rings. The lowest BCUT2D eigenvalue weighted by Crippen LogP contribution is -2.25. The molecule has 8 heteroatoms. The van der Waals surface area contributed by atoms with Gasteiger partial charge in [-0.25, -0.2) is 4.98 Å². The SMILES string of the molecule is CC(C)c1csc(NC(=O)CCn2c(=S)[nH]c3ccccc3c2=O)n1. The fraction of sp³-hybridized carbons (Fsp3) is 0.294. The quantitative estimate of drug-likeness (QED) is 0.668. The number of rotatable bonds is 5. The van der Waals surface area contributed by atoms with Gasteiger partial charge < -0.3 is 10.3 Å². The number of benzene rings is 1. The smallest absolute Gasteiger partial charge is 0.262 e.